The minimum absolute atomic E-state index is 0.0652. The first-order valence-corrected chi connectivity index (χ1v) is 9.35. The van der Waals surface area contributed by atoms with E-state index in [1.54, 1.807) is 26.3 Å². The summed E-state index contributed by atoms with van der Waals surface area (Å²) in [7, 11) is 7.54. The molecule has 0 saturated heterocycles. The van der Waals surface area contributed by atoms with Crippen LogP contribution in [0.15, 0.2) is 29.3 Å². The molecule has 2 rings (SSSR count). The van der Waals surface area contributed by atoms with Crippen molar-refractivity contribution >= 4 is 5.96 Å². The first kappa shape index (κ1) is 20.6. The van der Waals surface area contributed by atoms with E-state index in [-0.39, 0.29) is 11.9 Å². The van der Waals surface area contributed by atoms with Crippen LogP contribution in [0.2, 0.25) is 0 Å². The van der Waals surface area contributed by atoms with Gasteiger partial charge in [0.15, 0.2) is 5.96 Å². The van der Waals surface area contributed by atoms with Gasteiger partial charge in [-0.25, -0.2) is 4.39 Å². The second kappa shape index (κ2) is 9.88. The van der Waals surface area contributed by atoms with E-state index in [1.165, 1.54) is 25.3 Å². The summed E-state index contributed by atoms with van der Waals surface area (Å²) >= 11 is 0. The van der Waals surface area contributed by atoms with Gasteiger partial charge in [0.25, 0.3) is 0 Å². The van der Waals surface area contributed by atoms with Crippen molar-refractivity contribution in [3.8, 4) is 0 Å². The zero-order valence-electron chi connectivity index (χ0n) is 16.5. The van der Waals surface area contributed by atoms with Crippen LogP contribution in [0.3, 0.4) is 0 Å². The maximum absolute atomic E-state index is 13.6. The van der Waals surface area contributed by atoms with E-state index in [9.17, 15) is 4.39 Å². The van der Waals surface area contributed by atoms with Gasteiger partial charge in [-0.2, -0.15) is 0 Å². The molecule has 1 aromatic rings. The van der Waals surface area contributed by atoms with Gasteiger partial charge >= 0.3 is 0 Å². The van der Waals surface area contributed by atoms with Crippen molar-refractivity contribution in [1.82, 2.24) is 15.5 Å². The minimum atomic E-state index is -0.207. The molecule has 1 saturated carbocycles. The monoisotopic (exact) mass is 364 g/mol. The van der Waals surface area contributed by atoms with E-state index < -0.39 is 0 Å². The van der Waals surface area contributed by atoms with Crippen LogP contribution in [0, 0.1) is 11.2 Å². The van der Waals surface area contributed by atoms with E-state index in [0.29, 0.717) is 12.0 Å². The van der Waals surface area contributed by atoms with Gasteiger partial charge < -0.3 is 20.3 Å². The lowest BCUT2D eigenvalue weighted by molar-refractivity contribution is 0.0732. The van der Waals surface area contributed by atoms with Gasteiger partial charge in [-0.3, -0.25) is 4.99 Å². The number of hydrogen-bond acceptors (Lipinski definition) is 3. The molecule has 0 heterocycles. The Morgan fingerprint density at radius 1 is 1.35 bits per heavy atom. The van der Waals surface area contributed by atoms with Gasteiger partial charge in [-0.05, 0) is 56.5 Å². The average Bonchev–Trinajstić information content (AvgIpc) is 2.58. The predicted octanol–water partition coefficient (Wildman–Crippen LogP) is 2.80. The van der Waals surface area contributed by atoms with Gasteiger partial charge in [-0.15, -0.1) is 0 Å². The third-order valence-electron chi connectivity index (χ3n) is 5.42. The van der Waals surface area contributed by atoms with E-state index in [0.717, 1.165) is 31.1 Å². The highest BCUT2D eigenvalue weighted by atomic mass is 19.1. The summed E-state index contributed by atoms with van der Waals surface area (Å²) in [6.07, 6.45) is 4.85. The van der Waals surface area contributed by atoms with Crippen molar-refractivity contribution in [3.63, 3.8) is 0 Å². The Hall–Kier alpha value is -1.66. The first-order valence-electron chi connectivity index (χ1n) is 9.35. The zero-order valence-corrected chi connectivity index (χ0v) is 16.5. The molecule has 1 atom stereocenters. The third-order valence-corrected chi connectivity index (χ3v) is 5.42. The number of guanidine groups is 1. The second-order valence-corrected chi connectivity index (χ2v) is 7.44. The second-order valence-electron chi connectivity index (χ2n) is 7.44. The fraction of sp³-hybridized carbons (Fsp3) is 0.650. The number of halogens is 1. The lowest BCUT2D eigenvalue weighted by atomic mass is 9.67. The molecule has 1 unspecified atom stereocenters. The van der Waals surface area contributed by atoms with Gasteiger partial charge in [0.1, 0.15) is 5.82 Å². The fourth-order valence-corrected chi connectivity index (χ4v) is 3.51. The summed E-state index contributed by atoms with van der Waals surface area (Å²) in [5.74, 6) is 0.582. The largest absolute Gasteiger partial charge is 0.385 e. The smallest absolute Gasteiger partial charge is 0.191 e. The van der Waals surface area contributed by atoms with E-state index in [4.69, 9.17) is 4.74 Å². The molecule has 146 valence electrons. The Morgan fingerprint density at radius 3 is 2.65 bits per heavy atom. The van der Waals surface area contributed by atoms with Crippen LogP contribution in [0.4, 0.5) is 4.39 Å². The van der Waals surface area contributed by atoms with Crippen molar-refractivity contribution < 1.29 is 9.13 Å². The maximum Gasteiger partial charge on any atom is 0.191 e. The van der Waals surface area contributed by atoms with Crippen LogP contribution >= 0.6 is 0 Å². The van der Waals surface area contributed by atoms with Gasteiger partial charge in [-0.1, -0.05) is 18.6 Å². The molecule has 1 aliphatic carbocycles. The van der Waals surface area contributed by atoms with Crippen LogP contribution in [-0.2, 0) is 4.74 Å². The Morgan fingerprint density at radius 2 is 2.12 bits per heavy atom. The average molecular weight is 365 g/mol. The number of nitrogens with one attached hydrogen (secondary N) is 2. The number of aliphatic imine (C=N–C) groups is 1. The molecule has 0 spiro atoms. The van der Waals surface area contributed by atoms with E-state index in [1.807, 2.05) is 20.2 Å². The van der Waals surface area contributed by atoms with Gasteiger partial charge in [0.05, 0.1) is 6.04 Å². The molecule has 1 fully saturated rings. The molecule has 1 aliphatic rings. The molecule has 0 amide bonds. The number of likely N-dealkylation sites (N-methyl/N-ethyl adjacent to an activating group) is 1. The van der Waals surface area contributed by atoms with Crippen molar-refractivity contribution in [3.05, 3.63) is 35.6 Å². The van der Waals surface area contributed by atoms with E-state index >= 15 is 0 Å². The van der Waals surface area contributed by atoms with Gasteiger partial charge in [0, 0.05) is 33.9 Å². The molecule has 1 aromatic carbocycles. The van der Waals surface area contributed by atoms with Crippen LogP contribution in [0.25, 0.3) is 0 Å². The van der Waals surface area contributed by atoms with Crippen molar-refractivity contribution in [1.29, 1.82) is 0 Å². The Labute approximate surface area is 157 Å². The summed E-state index contributed by atoms with van der Waals surface area (Å²) in [5, 5.41) is 6.86. The zero-order chi connectivity index (χ0) is 19.0. The molecule has 0 aliphatic heterocycles. The molecule has 0 radical (unpaired) electrons. The van der Waals surface area contributed by atoms with Crippen molar-refractivity contribution in [2.75, 3.05) is 47.9 Å². The predicted molar refractivity (Wildman–Crippen MR) is 105 cm³/mol. The molecule has 6 heteroatoms. The summed E-state index contributed by atoms with van der Waals surface area (Å²) in [6.45, 7) is 2.36. The summed E-state index contributed by atoms with van der Waals surface area (Å²) in [6, 6.07) is 6.85. The summed E-state index contributed by atoms with van der Waals surface area (Å²) in [4.78, 5) is 6.43. The highest BCUT2D eigenvalue weighted by Gasteiger charge is 2.36. The van der Waals surface area contributed by atoms with Crippen LogP contribution in [-0.4, -0.2) is 58.8 Å². The molecule has 26 heavy (non-hydrogen) atoms. The Balaban J connectivity index is 1.90. The Bertz CT molecular complexity index is 587. The van der Waals surface area contributed by atoms with Crippen LogP contribution in [0.1, 0.15) is 37.3 Å². The van der Waals surface area contributed by atoms with Gasteiger partial charge in [0.2, 0.25) is 0 Å². The topological polar surface area (TPSA) is 48.9 Å². The van der Waals surface area contributed by atoms with Crippen molar-refractivity contribution in [2.45, 2.75) is 31.7 Å². The van der Waals surface area contributed by atoms with E-state index in [2.05, 4.69) is 20.5 Å². The fourth-order valence-electron chi connectivity index (χ4n) is 3.51. The lowest BCUT2D eigenvalue weighted by Gasteiger charge is -2.42. The number of ether oxygens (including phenoxy) is 1. The minimum Gasteiger partial charge on any atom is -0.385 e. The van der Waals surface area contributed by atoms with Crippen LogP contribution in [0.5, 0.6) is 0 Å². The maximum atomic E-state index is 13.6. The van der Waals surface area contributed by atoms with Crippen molar-refractivity contribution in [2.24, 2.45) is 10.4 Å². The number of nitrogens with zero attached hydrogens (tertiary/aromatic N) is 2. The molecular weight excluding hydrogens is 331 g/mol. The third kappa shape index (κ3) is 5.68. The summed E-state index contributed by atoms with van der Waals surface area (Å²) < 4.78 is 18.8. The first-order chi connectivity index (χ1) is 12.5. The standard InChI is InChI=1S/C20H33FN4O/c1-22-19(24-15-20(9-6-10-20)11-12-26-4)23-14-18(25(2)3)16-7-5-8-17(21)13-16/h5,7-8,13,18H,6,9-12,14-15H2,1-4H3,(H2,22,23,24). The Kier molecular flexibility index (Phi) is 7.85. The molecule has 5 nitrogen and oxygen atoms in total. The van der Waals surface area contributed by atoms with Crippen LogP contribution < -0.4 is 10.6 Å². The highest BCUT2D eigenvalue weighted by Crippen LogP contribution is 2.43. The number of hydrogen-bond donors (Lipinski definition) is 2. The highest BCUT2D eigenvalue weighted by molar-refractivity contribution is 5.79. The summed E-state index contributed by atoms with van der Waals surface area (Å²) in [5.41, 5.74) is 1.28. The number of methoxy groups -OCH3 is 1. The lowest BCUT2D eigenvalue weighted by Crippen LogP contribution is -2.48. The SMILES string of the molecule is CN=C(NCC(c1cccc(F)c1)N(C)C)NCC1(CCOC)CCC1. The number of rotatable bonds is 9. The quantitative estimate of drug-likeness (QED) is 0.523. The normalized spacial score (nSPS) is 17.7. The molecule has 0 aromatic heterocycles. The molecule has 0 bridgehead atoms. The molecule has 2 N–H and O–H groups in total. The number of benzene rings is 1. The molecular formula is C20H33FN4O.